The highest BCUT2D eigenvalue weighted by atomic mass is 16.5. The Hall–Kier alpha value is -4.39. The van der Waals surface area contributed by atoms with Gasteiger partial charge in [-0.3, -0.25) is 4.98 Å². The third kappa shape index (κ3) is 4.05. The second kappa shape index (κ2) is 9.10. The maximum Gasteiger partial charge on any atom is 0.337 e. The number of ether oxygens (including phenoxy) is 2. The predicted octanol–water partition coefficient (Wildman–Crippen LogP) is 5.82. The van der Waals surface area contributed by atoms with Crippen LogP contribution in [0.5, 0.6) is 5.75 Å². The van der Waals surface area contributed by atoms with Gasteiger partial charge >= 0.3 is 5.97 Å². The lowest BCUT2D eigenvalue weighted by molar-refractivity contribution is 0.0600. The molecule has 3 aromatic heterocycles. The predicted molar refractivity (Wildman–Crippen MR) is 134 cm³/mol. The summed E-state index contributed by atoms with van der Waals surface area (Å²) in [6.45, 7) is 4.44. The van der Waals surface area contributed by atoms with Crippen LogP contribution in [0, 0.1) is 13.8 Å². The molecule has 0 atom stereocenters. The average molecular weight is 468 g/mol. The van der Waals surface area contributed by atoms with Crippen molar-refractivity contribution in [2.75, 3.05) is 14.2 Å². The molecule has 7 nitrogen and oxygen atoms in total. The van der Waals surface area contributed by atoms with Crippen LogP contribution in [0.4, 0.5) is 0 Å². The summed E-state index contributed by atoms with van der Waals surface area (Å²) in [7, 11) is 3.06. The summed E-state index contributed by atoms with van der Waals surface area (Å²) in [5.74, 6) is 1.22. The first-order valence-corrected chi connectivity index (χ1v) is 11.2. The van der Waals surface area contributed by atoms with Crippen LogP contribution in [-0.2, 0) is 11.3 Å². The summed E-state index contributed by atoms with van der Waals surface area (Å²) in [5, 5.41) is 4.10. The molecular weight excluding hydrogens is 442 g/mol. The number of pyridine rings is 1. The van der Waals surface area contributed by atoms with Crippen LogP contribution in [0.15, 0.2) is 71.5 Å². The number of nitrogens with zero attached hydrogens (tertiary/aromatic N) is 3. The largest absolute Gasteiger partial charge is 0.496 e. The fraction of sp³-hybridized carbons (Fsp3) is 0.179. The molecule has 5 rings (SSSR count). The second-order valence-electron chi connectivity index (χ2n) is 8.34. The molecule has 0 fully saturated rings. The molecule has 0 radical (unpaired) electrons. The van der Waals surface area contributed by atoms with Crippen LogP contribution < -0.4 is 4.74 Å². The molecule has 0 N–H and O–H groups in total. The Morgan fingerprint density at radius 2 is 1.80 bits per heavy atom. The molecule has 2 aromatic carbocycles. The summed E-state index contributed by atoms with van der Waals surface area (Å²) in [4.78, 5) is 16.7. The summed E-state index contributed by atoms with van der Waals surface area (Å²) >= 11 is 0. The average Bonchev–Trinajstić information content (AvgIpc) is 3.42. The van der Waals surface area contributed by atoms with E-state index in [9.17, 15) is 4.79 Å². The Bertz CT molecular complexity index is 1510. The number of rotatable bonds is 6. The van der Waals surface area contributed by atoms with Crippen molar-refractivity contribution in [1.82, 2.24) is 14.7 Å². The third-order valence-corrected chi connectivity index (χ3v) is 6.19. The first-order valence-electron chi connectivity index (χ1n) is 11.2. The molecule has 0 saturated carbocycles. The summed E-state index contributed by atoms with van der Waals surface area (Å²) in [5.41, 5.74) is 8.04. The fourth-order valence-electron chi connectivity index (χ4n) is 4.46. The molecule has 176 valence electrons. The van der Waals surface area contributed by atoms with E-state index < -0.39 is 0 Å². The fourth-order valence-corrected chi connectivity index (χ4v) is 4.46. The van der Waals surface area contributed by atoms with Crippen LogP contribution in [-0.4, -0.2) is 34.9 Å². The van der Waals surface area contributed by atoms with Gasteiger partial charge in [0.1, 0.15) is 11.5 Å². The Morgan fingerprint density at radius 1 is 1.03 bits per heavy atom. The molecule has 0 spiro atoms. The van der Waals surface area contributed by atoms with Gasteiger partial charge in [0, 0.05) is 34.6 Å². The zero-order valence-corrected chi connectivity index (χ0v) is 20.0. The van der Waals surface area contributed by atoms with Gasteiger partial charge in [-0.1, -0.05) is 35.5 Å². The molecule has 0 aliphatic rings. The number of hydrogen-bond acceptors (Lipinski definition) is 6. The number of methoxy groups -OCH3 is 2. The van der Waals surface area contributed by atoms with E-state index in [1.807, 2.05) is 50.4 Å². The Kier molecular flexibility index (Phi) is 5.82. The van der Waals surface area contributed by atoms with Crippen LogP contribution in [0.2, 0.25) is 0 Å². The van der Waals surface area contributed by atoms with Crippen molar-refractivity contribution < 1.29 is 18.8 Å². The van der Waals surface area contributed by atoms with Crippen molar-refractivity contribution in [3.05, 3.63) is 89.6 Å². The summed E-state index contributed by atoms with van der Waals surface area (Å²) in [6.07, 6.45) is 3.95. The number of aromatic nitrogens is 3. The zero-order chi connectivity index (χ0) is 24.5. The molecule has 0 amide bonds. The molecule has 0 unspecified atom stereocenters. The normalized spacial score (nSPS) is 11.1. The van der Waals surface area contributed by atoms with E-state index in [4.69, 9.17) is 19.0 Å². The lowest BCUT2D eigenvalue weighted by Gasteiger charge is -2.10. The molecule has 0 aliphatic carbocycles. The Morgan fingerprint density at radius 3 is 2.49 bits per heavy atom. The van der Waals surface area contributed by atoms with E-state index in [0.717, 1.165) is 56.1 Å². The van der Waals surface area contributed by atoms with Crippen LogP contribution in [0.25, 0.3) is 33.3 Å². The van der Waals surface area contributed by atoms with Crippen molar-refractivity contribution >= 4 is 17.0 Å². The summed E-state index contributed by atoms with van der Waals surface area (Å²) < 4.78 is 18.0. The van der Waals surface area contributed by atoms with E-state index in [1.54, 1.807) is 19.2 Å². The highest BCUT2D eigenvalue weighted by molar-refractivity contribution is 5.96. The van der Waals surface area contributed by atoms with Crippen LogP contribution in [0.3, 0.4) is 0 Å². The molecule has 0 bridgehead atoms. The van der Waals surface area contributed by atoms with Crippen molar-refractivity contribution in [3.8, 4) is 28.0 Å². The van der Waals surface area contributed by atoms with E-state index >= 15 is 0 Å². The number of benzene rings is 2. The lowest BCUT2D eigenvalue weighted by Crippen LogP contribution is -2.01. The minimum absolute atomic E-state index is 0.364. The first-order chi connectivity index (χ1) is 17.0. The van der Waals surface area contributed by atoms with Gasteiger partial charge in [-0.2, -0.15) is 0 Å². The zero-order valence-electron chi connectivity index (χ0n) is 20.0. The molecular formula is C28H25N3O4. The molecule has 5 aromatic rings. The number of carbonyl (C=O) groups excluding carboxylic acids is 1. The highest BCUT2D eigenvalue weighted by Gasteiger charge is 2.18. The Balaban J connectivity index is 1.67. The van der Waals surface area contributed by atoms with Gasteiger partial charge in [0.25, 0.3) is 0 Å². The Labute approximate surface area is 202 Å². The van der Waals surface area contributed by atoms with Gasteiger partial charge in [-0.05, 0) is 43.7 Å². The highest BCUT2D eigenvalue weighted by Crippen LogP contribution is 2.35. The molecule has 7 heteroatoms. The summed E-state index contributed by atoms with van der Waals surface area (Å²) in [6, 6.07) is 17.5. The van der Waals surface area contributed by atoms with Crippen molar-refractivity contribution in [2.24, 2.45) is 0 Å². The smallest absolute Gasteiger partial charge is 0.337 e. The number of hydrogen-bond donors (Lipinski definition) is 0. The van der Waals surface area contributed by atoms with Gasteiger partial charge in [-0.25, -0.2) is 4.79 Å². The maximum absolute atomic E-state index is 11.9. The van der Waals surface area contributed by atoms with Crippen LogP contribution >= 0.6 is 0 Å². The molecule has 35 heavy (non-hydrogen) atoms. The van der Waals surface area contributed by atoms with E-state index in [2.05, 4.69) is 28.1 Å². The van der Waals surface area contributed by atoms with Crippen molar-refractivity contribution in [1.29, 1.82) is 0 Å². The number of fused-ring (bicyclic) bond motifs is 1. The van der Waals surface area contributed by atoms with Gasteiger partial charge in [0.15, 0.2) is 0 Å². The van der Waals surface area contributed by atoms with Crippen molar-refractivity contribution in [3.63, 3.8) is 0 Å². The van der Waals surface area contributed by atoms with Gasteiger partial charge < -0.3 is 18.6 Å². The lowest BCUT2D eigenvalue weighted by atomic mass is 10.0. The first kappa shape index (κ1) is 22.4. The SMILES string of the molecule is COC(=O)c1ccc(-c2cn(Cc3ccccc3OC)c3cc(-c4c(C)noc4C)cnc23)cc1. The third-order valence-electron chi connectivity index (χ3n) is 6.19. The number of para-hydroxylation sites is 1. The van der Waals surface area contributed by atoms with Gasteiger partial charge in [0.2, 0.25) is 0 Å². The van der Waals surface area contributed by atoms with Crippen molar-refractivity contribution in [2.45, 2.75) is 20.4 Å². The standard InChI is InChI=1S/C28H25N3O4/c1-17-26(18(2)35-30-17)22-13-24-27(29-14-22)23(19-9-11-20(12-10-19)28(32)34-4)16-31(24)15-21-7-5-6-8-25(21)33-3/h5-14,16H,15H2,1-4H3. The molecule has 3 heterocycles. The number of esters is 1. The molecule has 0 saturated heterocycles. The number of aryl methyl sites for hydroxylation is 2. The quantitative estimate of drug-likeness (QED) is 0.293. The maximum atomic E-state index is 11.9. The topological polar surface area (TPSA) is 79.4 Å². The monoisotopic (exact) mass is 467 g/mol. The minimum atomic E-state index is -0.364. The van der Waals surface area contributed by atoms with E-state index in [-0.39, 0.29) is 5.97 Å². The van der Waals surface area contributed by atoms with Crippen LogP contribution in [0.1, 0.15) is 27.4 Å². The second-order valence-corrected chi connectivity index (χ2v) is 8.34. The number of carbonyl (C=O) groups is 1. The molecule has 0 aliphatic heterocycles. The van der Waals surface area contributed by atoms with E-state index in [0.29, 0.717) is 12.1 Å². The van der Waals surface area contributed by atoms with Gasteiger partial charge in [-0.15, -0.1) is 0 Å². The van der Waals surface area contributed by atoms with E-state index in [1.165, 1.54) is 7.11 Å². The van der Waals surface area contributed by atoms with Gasteiger partial charge in [0.05, 0.1) is 43.1 Å². The minimum Gasteiger partial charge on any atom is -0.496 e.